The van der Waals surface area contributed by atoms with Crippen LogP contribution in [-0.2, 0) is 12.8 Å². The van der Waals surface area contributed by atoms with Crippen molar-refractivity contribution < 1.29 is 19.7 Å². The molecule has 120 valence electrons. The first-order valence-electron chi connectivity index (χ1n) is 7.71. The van der Waals surface area contributed by atoms with E-state index in [0.717, 1.165) is 41.6 Å². The van der Waals surface area contributed by atoms with Crippen LogP contribution in [0.5, 0.6) is 23.0 Å². The molecule has 5 nitrogen and oxygen atoms in total. The van der Waals surface area contributed by atoms with Crippen LogP contribution in [0.25, 0.3) is 11.1 Å². The molecule has 1 unspecified atom stereocenters. The second kappa shape index (κ2) is 5.06. The lowest BCUT2D eigenvalue weighted by molar-refractivity contribution is 0.365. The maximum Gasteiger partial charge on any atom is 0.168 e. The number of hydrogen-bond acceptors (Lipinski definition) is 5. The third-order valence-corrected chi connectivity index (χ3v) is 4.84. The van der Waals surface area contributed by atoms with Crippen LogP contribution in [0, 0.1) is 0 Å². The highest BCUT2D eigenvalue weighted by Gasteiger charge is 2.35. The SMILES string of the molecule is COc1ccc2c(c1O)-c1c(OC)c(O)cc3c1C(C2)NCC3. The molecule has 0 saturated carbocycles. The van der Waals surface area contributed by atoms with Crippen molar-refractivity contribution in [3.8, 4) is 34.1 Å². The van der Waals surface area contributed by atoms with Gasteiger partial charge in [-0.3, -0.25) is 0 Å². The molecule has 0 spiro atoms. The zero-order chi connectivity index (χ0) is 16.1. The minimum atomic E-state index is 0.0973. The number of benzene rings is 2. The van der Waals surface area contributed by atoms with Gasteiger partial charge in [0.15, 0.2) is 23.0 Å². The molecule has 0 fully saturated rings. The number of nitrogens with one attached hydrogen (secondary N) is 1. The Hall–Kier alpha value is -2.40. The van der Waals surface area contributed by atoms with Gasteiger partial charge in [0.05, 0.1) is 14.2 Å². The highest BCUT2D eigenvalue weighted by molar-refractivity contribution is 5.88. The van der Waals surface area contributed by atoms with Gasteiger partial charge in [0.25, 0.3) is 0 Å². The van der Waals surface area contributed by atoms with Gasteiger partial charge in [0, 0.05) is 17.2 Å². The molecule has 0 bridgehead atoms. The molecule has 1 aliphatic heterocycles. The van der Waals surface area contributed by atoms with Gasteiger partial charge < -0.3 is 25.0 Å². The first-order valence-corrected chi connectivity index (χ1v) is 7.71. The van der Waals surface area contributed by atoms with Gasteiger partial charge in [0.1, 0.15) is 0 Å². The first-order chi connectivity index (χ1) is 11.2. The third-order valence-electron chi connectivity index (χ3n) is 4.84. The van der Waals surface area contributed by atoms with Crippen LogP contribution in [-0.4, -0.2) is 31.0 Å². The Kier molecular flexibility index (Phi) is 3.13. The number of hydrogen-bond donors (Lipinski definition) is 3. The molecule has 1 aliphatic carbocycles. The number of aromatic hydroxyl groups is 2. The van der Waals surface area contributed by atoms with Crippen LogP contribution in [0.2, 0.25) is 0 Å². The number of rotatable bonds is 2. The van der Waals surface area contributed by atoms with Crippen molar-refractivity contribution in [2.24, 2.45) is 0 Å². The van der Waals surface area contributed by atoms with Gasteiger partial charge in [-0.15, -0.1) is 0 Å². The topological polar surface area (TPSA) is 71.0 Å². The summed E-state index contributed by atoms with van der Waals surface area (Å²) in [4.78, 5) is 0. The van der Waals surface area contributed by atoms with E-state index in [1.165, 1.54) is 14.2 Å². The van der Waals surface area contributed by atoms with Crippen LogP contribution < -0.4 is 14.8 Å². The average molecular weight is 313 g/mol. The molecule has 0 radical (unpaired) electrons. The summed E-state index contributed by atoms with van der Waals surface area (Å²) < 4.78 is 10.7. The lowest BCUT2D eigenvalue weighted by atomic mass is 9.77. The molecule has 1 atom stereocenters. The molecule has 2 aromatic rings. The Bertz CT molecular complexity index is 800. The number of methoxy groups -OCH3 is 2. The molecular weight excluding hydrogens is 294 g/mol. The maximum atomic E-state index is 10.7. The largest absolute Gasteiger partial charge is 0.504 e. The van der Waals surface area contributed by atoms with Crippen LogP contribution in [0.4, 0.5) is 0 Å². The van der Waals surface area contributed by atoms with Crippen LogP contribution >= 0.6 is 0 Å². The fraction of sp³-hybridized carbons (Fsp3) is 0.333. The summed E-state index contributed by atoms with van der Waals surface area (Å²) in [6, 6.07) is 5.70. The van der Waals surface area contributed by atoms with E-state index in [-0.39, 0.29) is 17.5 Å². The minimum absolute atomic E-state index is 0.0973. The molecule has 0 aromatic heterocycles. The van der Waals surface area contributed by atoms with Crippen LogP contribution in [0.15, 0.2) is 18.2 Å². The molecule has 0 amide bonds. The predicted octanol–water partition coefficient (Wildman–Crippen LogP) is 2.52. The number of ether oxygens (including phenoxy) is 2. The molecular formula is C18H19NO4. The number of phenols is 2. The smallest absolute Gasteiger partial charge is 0.168 e. The van der Waals surface area contributed by atoms with Crippen molar-refractivity contribution in [3.05, 3.63) is 34.9 Å². The van der Waals surface area contributed by atoms with Gasteiger partial charge in [-0.05, 0) is 48.2 Å². The highest BCUT2D eigenvalue weighted by Crippen LogP contribution is 2.54. The summed E-state index contributed by atoms with van der Waals surface area (Å²) in [6.07, 6.45) is 1.64. The molecule has 4 rings (SSSR count). The monoisotopic (exact) mass is 313 g/mol. The second-order valence-corrected chi connectivity index (χ2v) is 5.99. The standard InChI is InChI=1S/C18H19NO4/c1-22-13-4-3-9-7-11-14-10(5-6-19-11)8-12(20)18(23-2)16(14)15(9)17(13)21/h3-4,8,11,19-21H,5-7H2,1-2H3. The van der Waals surface area contributed by atoms with Gasteiger partial charge in [-0.2, -0.15) is 0 Å². The Morgan fingerprint density at radius 1 is 1.09 bits per heavy atom. The Labute approximate surface area is 134 Å². The van der Waals surface area contributed by atoms with E-state index in [0.29, 0.717) is 17.1 Å². The third kappa shape index (κ3) is 1.90. The zero-order valence-electron chi connectivity index (χ0n) is 13.1. The number of phenolic OH excluding ortho intramolecular Hbond substituents is 2. The van der Waals surface area contributed by atoms with E-state index in [1.807, 2.05) is 6.07 Å². The molecule has 3 N–H and O–H groups in total. The summed E-state index contributed by atoms with van der Waals surface area (Å²) in [5.74, 6) is 1.03. The highest BCUT2D eigenvalue weighted by atomic mass is 16.5. The second-order valence-electron chi connectivity index (χ2n) is 5.99. The summed E-state index contributed by atoms with van der Waals surface area (Å²) in [6.45, 7) is 0.875. The fourth-order valence-electron chi connectivity index (χ4n) is 3.88. The van der Waals surface area contributed by atoms with Gasteiger partial charge in [-0.25, -0.2) is 0 Å². The molecule has 1 heterocycles. The Balaban J connectivity index is 2.11. The fourth-order valence-corrected chi connectivity index (χ4v) is 3.88. The van der Waals surface area contributed by atoms with Crippen LogP contribution in [0.1, 0.15) is 22.7 Å². The van der Waals surface area contributed by atoms with Crippen molar-refractivity contribution in [1.82, 2.24) is 5.32 Å². The van der Waals surface area contributed by atoms with E-state index in [9.17, 15) is 10.2 Å². The van der Waals surface area contributed by atoms with Crippen molar-refractivity contribution >= 4 is 0 Å². The Morgan fingerprint density at radius 3 is 2.65 bits per heavy atom. The van der Waals surface area contributed by atoms with E-state index in [2.05, 4.69) is 5.32 Å². The lowest BCUT2D eigenvalue weighted by Crippen LogP contribution is -2.33. The lowest BCUT2D eigenvalue weighted by Gasteiger charge is -2.35. The van der Waals surface area contributed by atoms with E-state index < -0.39 is 0 Å². The molecule has 2 aromatic carbocycles. The molecule has 0 saturated heterocycles. The van der Waals surface area contributed by atoms with Gasteiger partial charge in [-0.1, -0.05) is 6.07 Å². The summed E-state index contributed by atoms with van der Waals surface area (Å²) in [7, 11) is 3.07. The summed E-state index contributed by atoms with van der Waals surface area (Å²) in [5.41, 5.74) is 4.72. The van der Waals surface area contributed by atoms with Gasteiger partial charge >= 0.3 is 0 Å². The Morgan fingerprint density at radius 2 is 1.91 bits per heavy atom. The normalized spacial score (nSPS) is 18.1. The summed E-state index contributed by atoms with van der Waals surface area (Å²) in [5, 5.41) is 24.6. The van der Waals surface area contributed by atoms with E-state index >= 15 is 0 Å². The molecule has 5 heteroatoms. The van der Waals surface area contributed by atoms with Crippen molar-refractivity contribution in [2.75, 3.05) is 20.8 Å². The maximum absolute atomic E-state index is 10.7. The predicted molar refractivity (Wildman–Crippen MR) is 86.5 cm³/mol. The average Bonchev–Trinajstić information content (AvgIpc) is 2.55. The van der Waals surface area contributed by atoms with Crippen molar-refractivity contribution in [3.63, 3.8) is 0 Å². The number of fused-ring (bicyclic) bond motifs is 2. The molecule has 2 aliphatic rings. The van der Waals surface area contributed by atoms with E-state index in [4.69, 9.17) is 9.47 Å². The molecule has 23 heavy (non-hydrogen) atoms. The van der Waals surface area contributed by atoms with E-state index in [1.54, 1.807) is 12.1 Å². The minimum Gasteiger partial charge on any atom is -0.504 e. The van der Waals surface area contributed by atoms with Crippen molar-refractivity contribution in [1.29, 1.82) is 0 Å². The van der Waals surface area contributed by atoms with Gasteiger partial charge in [0.2, 0.25) is 0 Å². The summed E-state index contributed by atoms with van der Waals surface area (Å²) >= 11 is 0. The first kappa shape index (κ1) is 14.2. The van der Waals surface area contributed by atoms with Crippen LogP contribution in [0.3, 0.4) is 0 Å². The quantitative estimate of drug-likeness (QED) is 0.795. The zero-order valence-corrected chi connectivity index (χ0v) is 13.1. The van der Waals surface area contributed by atoms with Crippen molar-refractivity contribution in [2.45, 2.75) is 18.9 Å².